The van der Waals surface area contributed by atoms with E-state index in [9.17, 15) is 0 Å². The molecule has 20 heavy (non-hydrogen) atoms. The van der Waals surface area contributed by atoms with Crippen LogP contribution in [-0.2, 0) is 6.42 Å². The quantitative estimate of drug-likeness (QED) is 0.739. The van der Waals surface area contributed by atoms with Gasteiger partial charge >= 0.3 is 0 Å². The van der Waals surface area contributed by atoms with Gasteiger partial charge in [0.05, 0.1) is 17.0 Å². The number of fused-ring (bicyclic) bond motifs is 1. The highest BCUT2D eigenvalue weighted by atomic mass is 79.9. The fourth-order valence-corrected chi connectivity index (χ4v) is 3.29. The van der Waals surface area contributed by atoms with Crippen LogP contribution in [0.25, 0.3) is 0 Å². The first-order valence-electron chi connectivity index (χ1n) is 6.41. The van der Waals surface area contributed by atoms with E-state index in [1.807, 2.05) is 36.4 Å². The lowest BCUT2D eigenvalue weighted by molar-refractivity contribution is 0.232. The molecule has 2 aromatic rings. The normalized spacial score (nSPS) is 18.2. The van der Waals surface area contributed by atoms with E-state index >= 15 is 0 Å². The molecule has 2 nitrogen and oxygen atoms in total. The van der Waals surface area contributed by atoms with Crippen LogP contribution < -0.4 is 9.47 Å². The van der Waals surface area contributed by atoms with Crippen LogP contribution in [0.15, 0.2) is 42.5 Å². The number of methoxy groups -OCH3 is 1. The minimum atomic E-state index is 0.0804. The summed E-state index contributed by atoms with van der Waals surface area (Å²) in [4.78, 5) is 0.0957. The first-order valence-corrected chi connectivity index (χ1v) is 7.70. The van der Waals surface area contributed by atoms with Crippen LogP contribution in [0.5, 0.6) is 11.5 Å². The molecule has 1 aliphatic rings. The van der Waals surface area contributed by atoms with Gasteiger partial charge in [-0.1, -0.05) is 51.8 Å². The molecule has 0 fully saturated rings. The van der Waals surface area contributed by atoms with Crippen LogP contribution in [0.1, 0.15) is 16.0 Å². The second-order valence-corrected chi connectivity index (χ2v) is 6.16. The van der Waals surface area contributed by atoms with E-state index in [0.29, 0.717) is 10.8 Å². The van der Waals surface area contributed by atoms with Crippen molar-refractivity contribution in [3.63, 3.8) is 0 Å². The standard InChI is InChI=1S/C16H14BrClO2/c1-19-14-7-6-11(8-12(14)18)16(17)15-9-10-4-2-3-5-13(10)20-15/h2-8,15-16H,9H2,1H3. The summed E-state index contributed by atoms with van der Waals surface area (Å²) in [6.07, 6.45) is 0.979. The van der Waals surface area contributed by atoms with Crippen LogP contribution in [0.4, 0.5) is 0 Å². The third-order valence-corrected chi connectivity index (χ3v) is 4.91. The van der Waals surface area contributed by atoms with Gasteiger partial charge in [-0.15, -0.1) is 0 Å². The maximum atomic E-state index is 6.18. The highest BCUT2D eigenvalue weighted by Gasteiger charge is 2.29. The molecule has 0 aromatic heterocycles. The Morgan fingerprint density at radius 3 is 2.80 bits per heavy atom. The Balaban J connectivity index is 1.81. The molecule has 0 spiro atoms. The van der Waals surface area contributed by atoms with Crippen LogP contribution in [-0.4, -0.2) is 13.2 Å². The predicted molar refractivity (Wildman–Crippen MR) is 84.2 cm³/mol. The van der Waals surface area contributed by atoms with Crippen molar-refractivity contribution < 1.29 is 9.47 Å². The maximum absolute atomic E-state index is 6.18. The Hall–Kier alpha value is -1.19. The summed E-state index contributed by atoms with van der Waals surface area (Å²) < 4.78 is 11.2. The van der Waals surface area contributed by atoms with Gasteiger partial charge in [0.1, 0.15) is 17.6 Å². The molecule has 2 atom stereocenters. The summed E-state index contributed by atoms with van der Waals surface area (Å²) in [6, 6.07) is 14.0. The molecule has 1 aliphatic heterocycles. The zero-order valence-corrected chi connectivity index (χ0v) is 13.3. The Kier molecular flexibility index (Phi) is 3.90. The highest BCUT2D eigenvalue weighted by molar-refractivity contribution is 9.09. The van der Waals surface area contributed by atoms with Crippen molar-refractivity contribution in [2.45, 2.75) is 17.4 Å². The van der Waals surface area contributed by atoms with E-state index < -0.39 is 0 Å². The SMILES string of the molecule is COc1ccc(C(Br)C2Cc3ccccc3O2)cc1Cl. The Labute approximate surface area is 131 Å². The van der Waals surface area contributed by atoms with Crippen molar-refractivity contribution in [1.29, 1.82) is 0 Å². The van der Waals surface area contributed by atoms with Gasteiger partial charge in [-0.25, -0.2) is 0 Å². The van der Waals surface area contributed by atoms with E-state index in [1.54, 1.807) is 7.11 Å². The minimum Gasteiger partial charge on any atom is -0.495 e. The van der Waals surface area contributed by atoms with Crippen molar-refractivity contribution in [3.8, 4) is 11.5 Å². The zero-order valence-electron chi connectivity index (χ0n) is 11.0. The number of hydrogen-bond donors (Lipinski definition) is 0. The number of ether oxygens (including phenoxy) is 2. The van der Waals surface area contributed by atoms with Crippen LogP contribution >= 0.6 is 27.5 Å². The van der Waals surface area contributed by atoms with E-state index in [4.69, 9.17) is 21.1 Å². The number of benzene rings is 2. The molecule has 0 amide bonds. The van der Waals surface area contributed by atoms with Crippen molar-refractivity contribution in [3.05, 3.63) is 58.6 Å². The molecule has 0 N–H and O–H groups in total. The molecule has 0 aliphatic carbocycles. The van der Waals surface area contributed by atoms with E-state index in [2.05, 4.69) is 22.0 Å². The maximum Gasteiger partial charge on any atom is 0.137 e. The van der Waals surface area contributed by atoms with Gasteiger partial charge in [0.25, 0.3) is 0 Å². The van der Waals surface area contributed by atoms with Crippen molar-refractivity contribution in [2.24, 2.45) is 0 Å². The van der Waals surface area contributed by atoms with Crippen molar-refractivity contribution in [2.75, 3.05) is 7.11 Å². The summed E-state index contributed by atoms with van der Waals surface area (Å²) in [6.45, 7) is 0. The smallest absolute Gasteiger partial charge is 0.137 e. The predicted octanol–water partition coefficient (Wildman–Crippen LogP) is 4.79. The lowest BCUT2D eigenvalue weighted by atomic mass is 10.0. The van der Waals surface area contributed by atoms with E-state index in [1.165, 1.54) is 5.56 Å². The summed E-state index contributed by atoms with van der Waals surface area (Å²) in [5.41, 5.74) is 2.34. The molecular formula is C16H14BrClO2. The monoisotopic (exact) mass is 352 g/mol. The van der Waals surface area contributed by atoms with Crippen LogP contribution in [0.2, 0.25) is 5.02 Å². The molecule has 2 unspecified atom stereocenters. The topological polar surface area (TPSA) is 18.5 Å². The summed E-state index contributed by atoms with van der Waals surface area (Å²) in [5, 5.41) is 0.616. The lowest BCUT2D eigenvalue weighted by Crippen LogP contribution is -2.19. The molecule has 0 radical (unpaired) electrons. The first kappa shape index (κ1) is 13.8. The summed E-state index contributed by atoms with van der Waals surface area (Å²) >= 11 is 9.91. The molecule has 0 saturated carbocycles. The van der Waals surface area contributed by atoms with Gasteiger partial charge in [-0.2, -0.15) is 0 Å². The molecule has 104 valence electrons. The molecule has 2 aromatic carbocycles. The van der Waals surface area contributed by atoms with E-state index in [0.717, 1.165) is 17.7 Å². The molecule has 3 rings (SSSR count). The van der Waals surface area contributed by atoms with Gasteiger partial charge in [0.15, 0.2) is 0 Å². The average molecular weight is 354 g/mol. The summed E-state index contributed by atoms with van der Waals surface area (Å²) in [7, 11) is 1.61. The minimum absolute atomic E-state index is 0.0804. The second-order valence-electron chi connectivity index (χ2n) is 4.76. The first-order chi connectivity index (χ1) is 9.69. The molecule has 0 saturated heterocycles. The number of para-hydroxylation sites is 1. The number of hydrogen-bond acceptors (Lipinski definition) is 2. The lowest BCUT2D eigenvalue weighted by Gasteiger charge is -2.18. The second kappa shape index (κ2) is 5.66. The van der Waals surface area contributed by atoms with Crippen LogP contribution in [0.3, 0.4) is 0 Å². The highest BCUT2D eigenvalue weighted by Crippen LogP contribution is 2.39. The fraction of sp³-hybridized carbons (Fsp3) is 0.250. The number of halogens is 2. The van der Waals surface area contributed by atoms with Gasteiger partial charge in [0, 0.05) is 6.42 Å². The molecule has 0 bridgehead atoms. The van der Waals surface area contributed by atoms with Gasteiger partial charge in [-0.05, 0) is 29.3 Å². The molecule has 4 heteroatoms. The molecule has 1 heterocycles. The van der Waals surface area contributed by atoms with Crippen LogP contribution in [0, 0.1) is 0 Å². The van der Waals surface area contributed by atoms with Crippen molar-refractivity contribution in [1.82, 2.24) is 0 Å². The van der Waals surface area contributed by atoms with E-state index in [-0.39, 0.29) is 10.9 Å². The Bertz CT molecular complexity index is 605. The summed E-state index contributed by atoms with van der Waals surface area (Å²) in [5.74, 6) is 1.66. The third kappa shape index (κ3) is 2.52. The fourth-order valence-electron chi connectivity index (χ4n) is 2.44. The zero-order chi connectivity index (χ0) is 14.1. The molecular weight excluding hydrogens is 340 g/mol. The average Bonchev–Trinajstić information content (AvgIpc) is 2.90. The van der Waals surface area contributed by atoms with Gasteiger partial charge in [0.2, 0.25) is 0 Å². The number of alkyl halides is 1. The Morgan fingerprint density at radius 1 is 1.30 bits per heavy atom. The Morgan fingerprint density at radius 2 is 2.10 bits per heavy atom. The largest absolute Gasteiger partial charge is 0.495 e. The third-order valence-electron chi connectivity index (χ3n) is 3.49. The van der Waals surface area contributed by atoms with Gasteiger partial charge in [-0.3, -0.25) is 0 Å². The van der Waals surface area contributed by atoms with Crippen molar-refractivity contribution >= 4 is 27.5 Å². The van der Waals surface area contributed by atoms with Gasteiger partial charge < -0.3 is 9.47 Å². The number of rotatable bonds is 3.